The Hall–Kier alpha value is -3.41. The summed E-state index contributed by atoms with van der Waals surface area (Å²) in [7, 11) is 0. The zero-order valence-electron chi connectivity index (χ0n) is 14.0. The Morgan fingerprint density at radius 3 is 3.08 bits per heavy atom. The molecule has 4 rings (SSSR count). The zero-order chi connectivity index (χ0) is 17.9. The Morgan fingerprint density at radius 1 is 1.42 bits per heavy atom. The molecule has 4 heterocycles. The normalized spacial score (nSPS) is 15.1. The van der Waals surface area contributed by atoms with Crippen LogP contribution in [0.15, 0.2) is 24.7 Å². The van der Waals surface area contributed by atoms with E-state index >= 15 is 0 Å². The minimum atomic E-state index is -0.546. The van der Waals surface area contributed by atoms with E-state index in [1.807, 2.05) is 18.3 Å². The monoisotopic (exact) mass is 351 g/mol. The highest BCUT2D eigenvalue weighted by molar-refractivity contribution is 6.09. The van der Waals surface area contributed by atoms with Gasteiger partial charge in [-0.15, -0.1) is 5.10 Å². The van der Waals surface area contributed by atoms with Crippen molar-refractivity contribution in [3.05, 3.63) is 24.7 Å². The van der Waals surface area contributed by atoms with Gasteiger partial charge in [0.25, 0.3) is 0 Å². The number of alkyl carbamates (subject to hydrolysis) is 1. The molecular formula is C17H17N7O2. The summed E-state index contributed by atoms with van der Waals surface area (Å²) >= 11 is 0. The number of rotatable bonds is 3. The number of fused-ring (bicyclic) bond motifs is 3. The Labute approximate surface area is 149 Å². The summed E-state index contributed by atoms with van der Waals surface area (Å²) in [5.41, 5.74) is 0.819. The number of nitrogens with one attached hydrogen (secondary N) is 2. The minimum Gasteiger partial charge on any atom is -0.446 e. The van der Waals surface area contributed by atoms with Crippen molar-refractivity contribution in [3.8, 4) is 6.07 Å². The molecule has 1 aliphatic rings. The number of carbonyl (C=O) groups excluding carboxylic acids is 1. The number of carbonyl (C=O) groups is 1. The van der Waals surface area contributed by atoms with Crippen molar-refractivity contribution < 1.29 is 9.53 Å². The zero-order valence-corrected chi connectivity index (χ0v) is 14.0. The highest BCUT2D eigenvalue weighted by Crippen LogP contribution is 2.31. The molecule has 0 atom stereocenters. The molecule has 0 radical (unpaired) electrons. The van der Waals surface area contributed by atoms with E-state index in [9.17, 15) is 4.79 Å². The predicted octanol–water partition coefficient (Wildman–Crippen LogP) is 1.72. The molecule has 0 saturated carbocycles. The molecule has 1 saturated heterocycles. The first kappa shape index (κ1) is 16.1. The fourth-order valence-electron chi connectivity index (χ4n) is 3.28. The lowest BCUT2D eigenvalue weighted by molar-refractivity contribution is 0.0840. The molecule has 1 fully saturated rings. The predicted molar refractivity (Wildman–Crippen MR) is 94.5 cm³/mol. The Bertz CT molecular complexity index is 986. The molecular weight excluding hydrogens is 334 g/mol. The Balaban J connectivity index is 1.52. The van der Waals surface area contributed by atoms with Crippen LogP contribution in [0.5, 0.6) is 0 Å². The molecule has 0 unspecified atom stereocenters. The lowest BCUT2D eigenvalue weighted by Crippen LogP contribution is -2.40. The van der Waals surface area contributed by atoms with Gasteiger partial charge < -0.3 is 19.9 Å². The summed E-state index contributed by atoms with van der Waals surface area (Å²) in [6, 6.07) is 3.84. The number of aromatic amines is 1. The number of hydrogen-bond donors (Lipinski definition) is 2. The van der Waals surface area contributed by atoms with E-state index in [0.717, 1.165) is 27.6 Å². The summed E-state index contributed by atoms with van der Waals surface area (Å²) in [6.07, 6.45) is 6.05. The van der Waals surface area contributed by atoms with Crippen LogP contribution in [0.25, 0.3) is 21.8 Å². The number of pyridine rings is 1. The van der Waals surface area contributed by atoms with E-state index in [0.29, 0.717) is 25.9 Å². The average Bonchev–Trinajstić information content (AvgIpc) is 3.15. The van der Waals surface area contributed by atoms with E-state index in [4.69, 9.17) is 10.00 Å². The number of nitrogens with zero attached hydrogens (tertiary/aromatic N) is 5. The first-order valence-corrected chi connectivity index (χ1v) is 8.40. The second-order valence-corrected chi connectivity index (χ2v) is 6.10. The molecule has 3 aromatic rings. The van der Waals surface area contributed by atoms with E-state index in [1.165, 1.54) is 0 Å². The van der Waals surface area contributed by atoms with Crippen molar-refractivity contribution in [3.63, 3.8) is 0 Å². The summed E-state index contributed by atoms with van der Waals surface area (Å²) in [4.78, 5) is 21.3. The Morgan fingerprint density at radius 2 is 2.27 bits per heavy atom. The minimum absolute atomic E-state index is 0.0516. The van der Waals surface area contributed by atoms with Gasteiger partial charge in [0.1, 0.15) is 18.3 Å². The second kappa shape index (κ2) is 6.84. The van der Waals surface area contributed by atoms with Gasteiger partial charge >= 0.3 is 6.09 Å². The van der Waals surface area contributed by atoms with E-state index in [2.05, 4.69) is 30.4 Å². The van der Waals surface area contributed by atoms with Gasteiger partial charge in [-0.25, -0.2) is 9.78 Å². The van der Waals surface area contributed by atoms with E-state index in [-0.39, 0.29) is 12.6 Å². The fraction of sp³-hybridized carbons (Fsp3) is 0.353. The lowest BCUT2D eigenvalue weighted by atomic mass is 10.1. The van der Waals surface area contributed by atoms with Crippen LogP contribution in [-0.4, -0.2) is 52.0 Å². The molecule has 26 heavy (non-hydrogen) atoms. The molecule has 1 aliphatic heterocycles. The van der Waals surface area contributed by atoms with Gasteiger partial charge in [0.15, 0.2) is 5.82 Å². The molecule has 9 nitrogen and oxygen atoms in total. The van der Waals surface area contributed by atoms with Crippen molar-refractivity contribution in [2.45, 2.75) is 18.9 Å². The number of H-pyrrole nitrogens is 1. The SMILES string of the molecule is N#CCNC(=O)OC1CCN(c2nncc3cnc4[nH]ccc4c23)CC1. The first-order valence-electron chi connectivity index (χ1n) is 8.40. The molecule has 9 heteroatoms. The topological polar surface area (TPSA) is 120 Å². The third-order valence-electron chi connectivity index (χ3n) is 4.52. The number of hydrogen-bond acceptors (Lipinski definition) is 7. The molecule has 0 aromatic carbocycles. The van der Waals surface area contributed by atoms with Crippen LogP contribution in [0.2, 0.25) is 0 Å². The van der Waals surface area contributed by atoms with Crippen LogP contribution in [0.1, 0.15) is 12.8 Å². The quantitative estimate of drug-likeness (QED) is 0.689. The van der Waals surface area contributed by atoms with Crippen molar-refractivity contribution >= 4 is 33.7 Å². The van der Waals surface area contributed by atoms with Crippen molar-refractivity contribution in [1.82, 2.24) is 25.5 Å². The van der Waals surface area contributed by atoms with Crippen molar-refractivity contribution in [1.29, 1.82) is 5.26 Å². The molecule has 2 N–H and O–H groups in total. The van der Waals surface area contributed by atoms with Gasteiger partial charge in [-0.3, -0.25) is 0 Å². The summed E-state index contributed by atoms with van der Waals surface area (Å²) in [5.74, 6) is 0.821. The van der Waals surface area contributed by atoms with Gasteiger partial charge in [-0.05, 0) is 6.07 Å². The number of aromatic nitrogens is 4. The van der Waals surface area contributed by atoms with Crippen molar-refractivity contribution in [2.24, 2.45) is 0 Å². The molecule has 132 valence electrons. The van der Waals surface area contributed by atoms with Crippen LogP contribution < -0.4 is 10.2 Å². The first-order chi connectivity index (χ1) is 12.8. The standard InChI is InChI=1S/C17H17N7O2/c18-4-6-20-17(25)26-12-2-7-24(8-3-12)16-14-11(10-22-23-16)9-21-15-13(14)1-5-19-15/h1,5,9-10,12H,2-3,6-8H2,(H,19,21)(H,20,25). The number of amides is 1. The number of ether oxygens (including phenoxy) is 1. The van der Waals surface area contributed by atoms with E-state index in [1.54, 1.807) is 12.4 Å². The summed E-state index contributed by atoms with van der Waals surface area (Å²) in [6.45, 7) is 1.36. The fourth-order valence-corrected chi connectivity index (χ4v) is 3.28. The van der Waals surface area contributed by atoms with Crippen LogP contribution >= 0.6 is 0 Å². The average molecular weight is 351 g/mol. The van der Waals surface area contributed by atoms with Crippen LogP contribution in [0, 0.1) is 11.3 Å². The van der Waals surface area contributed by atoms with Crippen LogP contribution in [0.4, 0.5) is 10.6 Å². The summed E-state index contributed by atoms with van der Waals surface area (Å²) < 4.78 is 5.34. The third-order valence-corrected chi connectivity index (χ3v) is 4.52. The summed E-state index contributed by atoms with van der Waals surface area (Å²) in [5, 5.41) is 22.3. The maximum absolute atomic E-state index is 11.6. The Kier molecular flexibility index (Phi) is 4.23. The largest absolute Gasteiger partial charge is 0.446 e. The van der Waals surface area contributed by atoms with Gasteiger partial charge in [-0.1, -0.05) is 0 Å². The molecule has 3 aromatic heterocycles. The highest BCUT2D eigenvalue weighted by Gasteiger charge is 2.25. The van der Waals surface area contributed by atoms with Gasteiger partial charge in [0.2, 0.25) is 0 Å². The third kappa shape index (κ3) is 2.97. The number of nitriles is 1. The smallest absolute Gasteiger partial charge is 0.408 e. The van der Waals surface area contributed by atoms with Crippen LogP contribution in [-0.2, 0) is 4.74 Å². The maximum atomic E-state index is 11.6. The lowest BCUT2D eigenvalue weighted by Gasteiger charge is -2.32. The number of anilines is 1. The molecule has 0 bridgehead atoms. The van der Waals surface area contributed by atoms with Crippen LogP contribution in [0.3, 0.4) is 0 Å². The molecule has 1 amide bonds. The second-order valence-electron chi connectivity index (χ2n) is 6.10. The van der Waals surface area contributed by atoms with Crippen molar-refractivity contribution in [2.75, 3.05) is 24.5 Å². The van der Waals surface area contributed by atoms with Gasteiger partial charge in [0.05, 0.1) is 12.3 Å². The number of piperidine rings is 1. The molecule has 0 spiro atoms. The van der Waals surface area contributed by atoms with Gasteiger partial charge in [-0.2, -0.15) is 10.4 Å². The van der Waals surface area contributed by atoms with Gasteiger partial charge in [0, 0.05) is 54.5 Å². The highest BCUT2D eigenvalue weighted by atomic mass is 16.6. The molecule has 0 aliphatic carbocycles. The van der Waals surface area contributed by atoms with E-state index < -0.39 is 6.09 Å². The maximum Gasteiger partial charge on any atom is 0.408 e.